The number of phosphoric ester groups is 1. The van der Waals surface area contributed by atoms with Crippen LogP contribution in [0.3, 0.4) is 0 Å². The van der Waals surface area contributed by atoms with Gasteiger partial charge in [-0.15, -0.1) is 0 Å². The van der Waals surface area contributed by atoms with Gasteiger partial charge in [-0.2, -0.15) is 0 Å². The third-order valence-corrected chi connectivity index (χ3v) is 10.2. The monoisotopic (exact) mass is 717 g/mol. The molecule has 0 aliphatic heterocycles. The van der Waals surface area contributed by atoms with Crippen molar-refractivity contribution in [3.63, 3.8) is 0 Å². The molecule has 3 unspecified atom stereocenters. The number of hydrogen-bond donors (Lipinski definition) is 2. The van der Waals surface area contributed by atoms with E-state index in [1.54, 1.807) is 0 Å². The molecule has 2 N–H and O–H groups in total. The largest absolute Gasteiger partial charge is 0.756 e. The van der Waals surface area contributed by atoms with E-state index >= 15 is 0 Å². The molecule has 8 nitrogen and oxygen atoms in total. The number of hydrogen-bond acceptors (Lipinski definition) is 6. The number of rotatable bonds is 37. The standard InChI is InChI=1S/C40H81N2O6P/c1-6-8-10-12-14-15-16-17-18-19-20-21-22-23-24-25-26-27-28-30-32-34-40(44)41-38(39(43)33-31-29-13-11-9-7-2)37-48-49(45,46)47-36-35-42(3,4)5/h19-20,38-39,43H,6-18,21-37H2,1-5H3,(H-,41,44,45,46)/b20-19-. The van der Waals surface area contributed by atoms with Crippen LogP contribution in [-0.4, -0.2) is 68.5 Å². The van der Waals surface area contributed by atoms with Crippen molar-refractivity contribution in [2.75, 3.05) is 40.9 Å². The zero-order chi connectivity index (χ0) is 36.5. The summed E-state index contributed by atoms with van der Waals surface area (Å²) in [6.45, 7) is 4.64. The average Bonchev–Trinajstić information content (AvgIpc) is 3.04. The van der Waals surface area contributed by atoms with Crippen LogP contribution >= 0.6 is 7.82 Å². The highest BCUT2D eigenvalue weighted by Gasteiger charge is 2.24. The first-order chi connectivity index (χ1) is 23.5. The summed E-state index contributed by atoms with van der Waals surface area (Å²) in [6.07, 6.45) is 35.3. The third-order valence-electron chi connectivity index (χ3n) is 9.25. The number of amides is 1. The second kappa shape index (κ2) is 33.1. The van der Waals surface area contributed by atoms with Crippen LogP contribution in [0.4, 0.5) is 0 Å². The molecule has 0 aromatic rings. The SMILES string of the molecule is CCCCCCCCCC/C=C\CCCCCCCCCCCC(=O)NC(COP(=O)([O-])OCC[N+](C)(C)C)C(O)CCCCCCCC. The lowest BCUT2D eigenvalue weighted by molar-refractivity contribution is -0.870. The fraction of sp³-hybridized carbons (Fsp3) is 0.925. The number of aliphatic hydroxyl groups excluding tert-OH is 1. The Morgan fingerprint density at radius 3 is 1.59 bits per heavy atom. The maximum atomic E-state index is 12.8. The minimum atomic E-state index is -4.54. The lowest BCUT2D eigenvalue weighted by Gasteiger charge is -2.30. The summed E-state index contributed by atoms with van der Waals surface area (Å²) in [6, 6.07) is -0.794. The van der Waals surface area contributed by atoms with E-state index in [0.717, 1.165) is 38.5 Å². The van der Waals surface area contributed by atoms with Gasteiger partial charge in [0.2, 0.25) is 5.91 Å². The van der Waals surface area contributed by atoms with E-state index < -0.39 is 20.0 Å². The predicted molar refractivity (Wildman–Crippen MR) is 205 cm³/mol. The molecular weight excluding hydrogens is 635 g/mol. The van der Waals surface area contributed by atoms with Gasteiger partial charge in [0, 0.05) is 6.42 Å². The van der Waals surface area contributed by atoms with E-state index in [-0.39, 0.29) is 19.1 Å². The van der Waals surface area contributed by atoms with Crippen LogP contribution in [0, 0.1) is 0 Å². The molecule has 0 radical (unpaired) electrons. The van der Waals surface area contributed by atoms with Crippen LogP contribution in [0.15, 0.2) is 12.2 Å². The van der Waals surface area contributed by atoms with E-state index in [1.165, 1.54) is 122 Å². The maximum Gasteiger partial charge on any atom is 0.268 e. The Kier molecular flexibility index (Phi) is 32.6. The predicted octanol–water partition coefficient (Wildman–Crippen LogP) is 10.2. The Balaban J connectivity index is 4.13. The summed E-state index contributed by atoms with van der Waals surface area (Å²) < 4.78 is 23.1. The summed E-state index contributed by atoms with van der Waals surface area (Å²) in [5.41, 5.74) is 0. The van der Waals surface area contributed by atoms with Crippen LogP contribution in [0.1, 0.15) is 187 Å². The topological polar surface area (TPSA) is 108 Å². The van der Waals surface area contributed by atoms with Crippen LogP contribution < -0.4 is 10.2 Å². The van der Waals surface area contributed by atoms with Crippen molar-refractivity contribution >= 4 is 13.7 Å². The number of allylic oxidation sites excluding steroid dienone is 2. The number of likely N-dealkylation sites (N-methyl/N-ethyl adjacent to an activating group) is 1. The number of quaternary nitrogens is 1. The van der Waals surface area contributed by atoms with Gasteiger partial charge in [-0.25, -0.2) is 0 Å². The molecule has 0 aromatic carbocycles. The Hall–Kier alpha value is -0.760. The van der Waals surface area contributed by atoms with Gasteiger partial charge in [-0.05, 0) is 38.5 Å². The highest BCUT2D eigenvalue weighted by atomic mass is 31.2. The molecule has 0 heterocycles. The molecule has 0 aliphatic rings. The molecule has 9 heteroatoms. The minimum absolute atomic E-state index is 0.0126. The van der Waals surface area contributed by atoms with Crippen LogP contribution in [0.25, 0.3) is 0 Å². The van der Waals surface area contributed by atoms with Crippen LogP contribution in [-0.2, 0) is 18.4 Å². The third kappa shape index (κ3) is 35.4. The first-order valence-electron chi connectivity index (χ1n) is 20.5. The van der Waals surface area contributed by atoms with E-state index in [9.17, 15) is 19.4 Å². The molecule has 0 aliphatic carbocycles. The number of phosphoric acid groups is 1. The summed E-state index contributed by atoms with van der Waals surface area (Å²) in [5.74, 6) is -0.172. The normalized spacial score (nSPS) is 14.7. The van der Waals surface area contributed by atoms with E-state index in [4.69, 9.17) is 9.05 Å². The Morgan fingerprint density at radius 1 is 0.694 bits per heavy atom. The minimum Gasteiger partial charge on any atom is -0.756 e. The zero-order valence-electron chi connectivity index (χ0n) is 32.9. The lowest BCUT2D eigenvalue weighted by Crippen LogP contribution is -2.46. The highest BCUT2D eigenvalue weighted by Crippen LogP contribution is 2.38. The Labute approximate surface area is 303 Å². The van der Waals surface area contributed by atoms with Gasteiger partial charge in [0.05, 0.1) is 39.9 Å². The van der Waals surface area contributed by atoms with Crippen LogP contribution in [0.2, 0.25) is 0 Å². The number of carbonyl (C=O) groups is 1. The first-order valence-corrected chi connectivity index (χ1v) is 22.0. The second-order valence-electron chi connectivity index (χ2n) is 15.3. The van der Waals surface area contributed by atoms with Gasteiger partial charge in [-0.1, -0.05) is 154 Å². The molecule has 49 heavy (non-hydrogen) atoms. The van der Waals surface area contributed by atoms with Gasteiger partial charge in [0.25, 0.3) is 7.82 Å². The number of nitrogens with one attached hydrogen (secondary N) is 1. The molecule has 0 bridgehead atoms. The first kappa shape index (κ1) is 48.2. The molecule has 1 amide bonds. The summed E-state index contributed by atoms with van der Waals surface area (Å²) in [5, 5.41) is 13.7. The maximum absolute atomic E-state index is 12.8. The van der Waals surface area contributed by atoms with Crippen LogP contribution in [0.5, 0.6) is 0 Å². The Bertz CT molecular complexity index is 819. The smallest absolute Gasteiger partial charge is 0.268 e. The fourth-order valence-corrected chi connectivity index (χ4v) is 6.64. The Morgan fingerprint density at radius 2 is 1.12 bits per heavy atom. The average molecular weight is 717 g/mol. The van der Waals surface area contributed by atoms with Crippen molar-refractivity contribution in [3.8, 4) is 0 Å². The second-order valence-corrected chi connectivity index (χ2v) is 16.8. The van der Waals surface area contributed by atoms with Gasteiger partial charge in [-0.3, -0.25) is 9.36 Å². The molecular formula is C40H81N2O6P. The van der Waals surface area contributed by atoms with Crippen molar-refractivity contribution in [2.45, 2.75) is 199 Å². The zero-order valence-corrected chi connectivity index (χ0v) is 33.8. The number of unbranched alkanes of at least 4 members (excludes halogenated alkanes) is 22. The van der Waals surface area contributed by atoms with E-state index in [1.807, 2.05) is 21.1 Å². The molecule has 3 atom stereocenters. The quantitative estimate of drug-likeness (QED) is 0.0287. The van der Waals surface area contributed by atoms with Crippen molar-refractivity contribution in [3.05, 3.63) is 12.2 Å². The van der Waals surface area contributed by atoms with Gasteiger partial charge in [0.15, 0.2) is 0 Å². The number of aliphatic hydroxyl groups is 1. The highest BCUT2D eigenvalue weighted by molar-refractivity contribution is 7.45. The molecule has 0 aromatic heterocycles. The van der Waals surface area contributed by atoms with Crippen molar-refractivity contribution in [1.29, 1.82) is 0 Å². The fourth-order valence-electron chi connectivity index (χ4n) is 5.92. The molecule has 0 rings (SSSR count). The van der Waals surface area contributed by atoms with Gasteiger partial charge >= 0.3 is 0 Å². The van der Waals surface area contributed by atoms with Crippen molar-refractivity contribution in [2.24, 2.45) is 0 Å². The summed E-state index contributed by atoms with van der Waals surface area (Å²) in [7, 11) is 1.30. The molecule has 0 spiro atoms. The summed E-state index contributed by atoms with van der Waals surface area (Å²) in [4.78, 5) is 25.1. The molecule has 292 valence electrons. The molecule has 0 saturated carbocycles. The van der Waals surface area contributed by atoms with E-state index in [0.29, 0.717) is 23.9 Å². The summed E-state index contributed by atoms with van der Waals surface area (Å²) >= 11 is 0. The van der Waals surface area contributed by atoms with Crippen molar-refractivity contribution < 1.29 is 32.9 Å². The molecule has 0 fully saturated rings. The van der Waals surface area contributed by atoms with Gasteiger partial charge in [0.1, 0.15) is 13.2 Å². The number of carbonyl (C=O) groups excluding carboxylic acids is 1. The van der Waals surface area contributed by atoms with Gasteiger partial charge < -0.3 is 28.8 Å². The lowest BCUT2D eigenvalue weighted by atomic mass is 10.0. The van der Waals surface area contributed by atoms with Crippen molar-refractivity contribution in [1.82, 2.24) is 5.32 Å². The van der Waals surface area contributed by atoms with E-state index in [2.05, 4.69) is 31.3 Å². The molecule has 0 saturated heterocycles. The number of nitrogens with zero attached hydrogens (tertiary/aromatic N) is 1.